The van der Waals surface area contributed by atoms with Crippen LogP contribution >= 0.6 is 0 Å². The number of hydrogen-bond donors (Lipinski definition) is 1. The summed E-state index contributed by atoms with van der Waals surface area (Å²) in [5, 5.41) is 6.70. The first-order valence-corrected chi connectivity index (χ1v) is 9.94. The van der Waals surface area contributed by atoms with Gasteiger partial charge in [0.25, 0.3) is 5.56 Å². The van der Waals surface area contributed by atoms with Gasteiger partial charge in [0.15, 0.2) is 0 Å². The van der Waals surface area contributed by atoms with Crippen LogP contribution in [0, 0.1) is 5.82 Å². The van der Waals surface area contributed by atoms with E-state index in [1.807, 2.05) is 0 Å². The zero-order chi connectivity index (χ0) is 18.2. The van der Waals surface area contributed by atoms with Gasteiger partial charge in [0, 0.05) is 19.0 Å². The van der Waals surface area contributed by atoms with Gasteiger partial charge in [0.1, 0.15) is 5.82 Å². The molecule has 134 valence electrons. The van der Waals surface area contributed by atoms with Crippen molar-refractivity contribution >= 4 is 15.7 Å². The molecule has 1 heterocycles. The summed E-state index contributed by atoms with van der Waals surface area (Å²) in [4.78, 5) is 11.9. The van der Waals surface area contributed by atoms with E-state index in [0.717, 1.165) is 58.6 Å². The fourth-order valence-electron chi connectivity index (χ4n) is 3.16. The molecule has 1 aromatic carbocycles. The van der Waals surface area contributed by atoms with Crippen LogP contribution in [0.15, 0.2) is 23.0 Å². The molecule has 0 amide bonds. The predicted molar refractivity (Wildman–Crippen MR) is 94.0 cm³/mol. The lowest BCUT2D eigenvalue weighted by Gasteiger charge is -2.19. The summed E-state index contributed by atoms with van der Waals surface area (Å²) in [5.74, 6) is -0.604. The lowest BCUT2D eigenvalue weighted by Crippen LogP contribution is -2.26. The molecule has 0 aliphatic heterocycles. The van der Waals surface area contributed by atoms with Crippen LogP contribution in [0.1, 0.15) is 35.2 Å². The average Bonchev–Trinajstić information content (AvgIpc) is 2.58. The number of benzene rings is 1. The smallest absolute Gasteiger partial charge is 0.267 e. The fraction of sp³-hybridized carbons (Fsp3) is 0.412. The molecule has 1 aromatic heterocycles. The van der Waals surface area contributed by atoms with E-state index in [1.54, 1.807) is 6.07 Å². The standard InChI is InChI=1S/C17H20FN3O3S/c1-21(25(2,23)24)16-10-11(7-8-14(16)18)9-15-12-5-3-4-6-13(12)17(22)20-19-15/h7-8,10H,3-6,9H2,1-2H3,(H,20,22). The molecule has 1 aliphatic carbocycles. The fourth-order valence-corrected chi connectivity index (χ4v) is 3.65. The molecule has 0 bridgehead atoms. The summed E-state index contributed by atoms with van der Waals surface area (Å²) in [7, 11) is -2.24. The van der Waals surface area contributed by atoms with Crippen molar-refractivity contribution in [2.75, 3.05) is 17.6 Å². The summed E-state index contributed by atoms with van der Waals surface area (Å²) in [6.07, 6.45) is 4.98. The van der Waals surface area contributed by atoms with Crippen molar-refractivity contribution in [1.29, 1.82) is 0 Å². The number of sulfonamides is 1. The largest absolute Gasteiger partial charge is 0.271 e. The van der Waals surface area contributed by atoms with Crippen molar-refractivity contribution in [3.63, 3.8) is 0 Å². The molecule has 0 spiro atoms. The van der Waals surface area contributed by atoms with Crippen LogP contribution in [-0.4, -0.2) is 31.9 Å². The van der Waals surface area contributed by atoms with Crippen molar-refractivity contribution < 1.29 is 12.8 Å². The maximum atomic E-state index is 14.0. The number of nitrogens with zero attached hydrogens (tertiary/aromatic N) is 2. The Morgan fingerprint density at radius 1 is 1.24 bits per heavy atom. The van der Waals surface area contributed by atoms with E-state index in [1.165, 1.54) is 19.2 Å². The number of rotatable bonds is 4. The monoisotopic (exact) mass is 365 g/mol. The predicted octanol–water partition coefficient (Wildman–Crippen LogP) is 1.77. The SMILES string of the molecule is CN(c1cc(Cc2n[nH]c(=O)c3c2CCCC3)ccc1F)S(C)(=O)=O. The second-order valence-corrected chi connectivity index (χ2v) is 8.37. The Labute approximate surface area is 145 Å². The number of fused-ring (bicyclic) bond motifs is 1. The molecule has 6 nitrogen and oxygen atoms in total. The highest BCUT2D eigenvalue weighted by molar-refractivity contribution is 7.92. The Morgan fingerprint density at radius 2 is 1.92 bits per heavy atom. The van der Waals surface area contributed by atoms with Gasteiger partial charge in [0.2, 0.25) is 10.0 Å². The van der Waals surface area contributed by atoms with Gasteiger partial charge >= 0.3 is 0 Å². The Kier molecular flexibility index (Phi) is 4.64. The molecule has 25 heavy (non-hydrogen) atoms. The number of anilines is 1. The number of hydrogen-bond acceptors (Lipinski definition) is 4. The van der Waals surface area contributed by atoms with Crippen molar-refractivity contribution in [2.45, 2.75) is 32.1 Å². The number of halogens is 1. The maximum Gasteiger partial charge on any atom is 0.267 e. The highest BCUT2D eigenvalue weighted by atomic mass is 32.2. The van der Waals surface area contributed by atoms with Gasteiger partial charge in [-0.2, -0.15) is 5.10 Å². The van der Waals surface area contributed by atoms with E-state index in [-0.39, 0.29) is 11.2 Å². The first-order valence-electron chi connectivity index (χ1n) is 8.09. The molecule has 2 aromatic rings. The molecule has 0 saturated heterocycles. The molecule has 0 atom stereocenters. The molecule has 0 radical (unpaired) electrons. The van der Waals surface area contributed by atoms with Crippen molar-refractivity contribution in [3.05, 3.63) is 56.8 Å². The van der Waals surface area contributed by atoms with Crippen LogP contribution < -0.4 is 9.86 Å². The molecule has 0 saturated carbocycles. The summed E-state index contributed by atoms with van der Waals surface area (Å²) in [6, 6.07) is 4.37. The summed E-state index contributed by atoms with van der Waals surface area (Å²) < 4.78 is 38.3. The third-order valence-electron chi connectivity index (χ3n) is 4.60. The summed E-state index contributed by atoms with van der Waals surface area (Å²) in [5.41, 5.74) is 3.10. The minimum absolute atomic E-state index is 0.00158. The van der Waals surface area contributed by atoms with Crippen LogP contribution in [0.2, 0.25) is 0 Å². The first-order chi connectivity index (χ1) is 11.8. The van der Waals surface area contributed by atoms with Gasteiger partial charge in [-0.1, -0.05) is 6.07 Å². The van der Waals surface area contributed by atoms with Gasteiger partial charge in [0.05, 0.1) is 17.6 Å². The van der Waals surface area contributed by atoms with Gasteiger partial charge in [-0.15, -0.1) is 0 Å². The van der Waals surface area contributed by atoms with E-state index in [2.05, 4.69) is 10.2 Å². The number of H-pyrrole nitrogens is 1. The zero-order valence-corrected chi connectivity index (χ0v) is 15.0. The van der Waals surface area contributed by atoms with Crippen LogP contribution in [0.4, 0.5) is 10.1 Å². The van der Waals surface area contributed by atoms with Gasteiger partial charge in [-0.05, 0) is 48.9 Å². The molecule has 1 N–H and O–H groups in total. The minimum atomic E-state index is -3.56. The number of aromatic amines is 1. The molecular formula is C17H20FN3O3S. The lowest BCUT2D eigenvalue weighted by molar-refractivity contribution is 0.595. The van der Waals surface area contributed by atoms with Crippen LogP contribution in [-0.2, 0) is 29.3 Å². The van der Waals surface area contributed by atoms with Crippen LogP contribution in [0.25, 0.3) is 0 Å². The lowest BCUT2D eigenvalue weighted by atomic mass is 9.90. The van der Waals surface area contributed by atoms with E-state index >= 15 is 0 Å². The van der Waals surface area contributed by atoms with E-state index in [0.29, 0.717) is 6.42 Å². The molecule has 8 heteroatoms. The van der Waals surface area contributed by atoms with Crippen molar-refractivity contribution in [3.8, 4) is 0 Å². The van der Waals surface area contributed by atoms with Gasteiger partial charge < -0.3 is 0 Å². The van der Waals surface area contributed by atoms with E-state index in [4.69, 9.17) is 0 Å². The van der Waals surface area contributed by atoms with Crippen molar-refractivity contribution in [1.82, 2.24) is 10.2 Å². The second kappa shape index (κ2) is 6.59. The van der Waals surface area contributed by atoms with Crippen LogP contribution in [0.3, 0.4) is 0 Å². The van der Waals surface area contributed by atoms with E-state index in [9.17, 15) is 17.6 Å². The topological polar surface area (TPSA) is 83.1 Å². The first kappa shape index (κ1) is 17.6. The second-order valence-electron chi connectivity index (χ2n) is 6.36. The molecule has 1 aliphatic rings. The number of nitrogens with one attached hydrogen (secondary N) is 1. The molecule has 0 unspecified atom stereocenters. The van der Waals surface area contributed by atoms with Crippen LogP contribution in [0.5, 0.6) is 0 Å². The van der Waals surface area contributed by atoms with Crippen molar-refractivity contribution in [2.24, 2.45) is 0 Å². The summed E-state index contributed by atoms with van der Waals surface area (Å²) in [6.45, 7) is 0. The normalized spacial score (nSPS) is 14.2. The third-order valence-corrected chi connectivity index (χ3v) is 5.79. The maximum absolute atomic E-state index is 14.0. The Bertz CT molecular complexity index is 970. The van der Waals surface area contributed by atoms with Gasteiger partial charge in [-0.3, -0.25) is 9.10 Å². The third kappa shape index (κ3) is 3.58. The quantitative estimate of drug-likeness (QED) is 0.895. The Balaban J connectivity index is 1.99. The van der Waals surface area contributed by atoms with E-state index < -0.39 is 15.8 Å². The summed E-state index contributed by atoms with van der Waals surface area (Å²) >= 11 is 0. The van der Waals surface area contributed by atoms with Gasteiger partial charge in [-0.25, -0.2) is 17.9 Å². The Morgan fingerprint density at radius 3 is 2.60 bits per heavy atom. The molecule has 3 rings (SSSR count). The minimum Gasteiger partial charge on any atom is -0.271 e. The average molecular weight is 365 g/mol. The zero-order valence-electron chi connectivity index (χ0n) is 14.2. The molecular weight excluding hydrogens is 345 g/mol. The highest BCUT2D eigenvalue weighted by Crippen LogP contribution is 2.25. The number of aromatic nitrogens is 2. The Hall–Kier alpha value is -2.22. The highest BCUT2D eigenvalue weighted by Gasteiger charge is 2.20. The molecule has 0 fully saturated rings.